The maximum Gasteiger partial charge on any atom is 3.00 e. The molecular weight excluding hydrogens is 399 g/mol. The Morgan fingerprint density at radius 2 is 0.548 bits per heavy atom. The molecule has 0 fully saturated rings. The normalized spacial score (nSPS) is 9.58. The van der Waals surface area contributed by atoms with Gasteiger partial charge < -0.3 is 15.3 Å². The van der Waals surface area contributed by atoms with Crippen LogP contribution in [0.15, 0.2) is 36.4 Å². The van der Waals surface area contributed by atoms with Crippen LogP contribution >= 0.6 is 0 Å². The summed E-state index contributed by atoms with van der Waals surface area (Å²) in [5.41, 5.74) is 9.55. The molecule has 0 N–H and O–H groups in total. The number of aryl methyl sites for hydroxylation is 3. The van der Waals surface area contributed by atoms with Crippen LogP contribution in [0.4, 0.5) is 0 Å². The van der Waals surface area contributed by atoms with Gasteiger partial charge >= 0.3 is 17.4 Å². The Morgan fingerprint density at radius 3 is 0.710 bits per heavy atom. The van der Waals surface area contributed by atoms with Crippen molar-refractivity contribution in [2.45, 2.75) is 62.3 Å². The third kappa shape index (κ3) is 7.65. The summed E-state index contributed by atoms with van der Waals surface area (Å²) in [6.07, 6.45) is 0. The van der Waals surface area contributed by atoms with E-state index in [1.807, 2.05) is 80.5 Å². The second-order valence-electron chi connectivity index (χ2n) is 7.89. The molecule has 0 heterocycles. The summed E-state index contributed by atoms with van der Waals surface area (Å²) in [6.45, 7) is 17.6. The Kier molecular flexibility index (Phi) is 11.5. The van der Waals surface area contributed by atoms with Gasteiger partial charge in [0.05, 0.1) is 0 Å². The molecule has 0 spiro atoms. The smallest absolute Gasteiger partial charge is 0.872 e. The molecule has 0 aliphatic rings. The summed E-state index contributed by atoms with van der Waals surface area (Å²) in [6, 6.07) is 10.5. The van der Waals surface area contributed by atoms with Gasteiger partial charge in [-0.3, -0.25) is 0 Å². The third-order valence-corrected chi connectivity index (χ3v) is 6.02. The van der Waals surface area contributed by atoms with Gasteiger partial charge in [-0.15, -0.1) is 17.2 Å². The number of hydrogen-bond acceptors (Lipinski definition) is 3. The molecule has 0 bridgehead atoms. The average Bonchev–Trinajstić information content (AvgIpc) is 2.73. The predicted molar refractivity (Wildman–Crippen MR) is 126 cm³/mol. The van der Waals surface area contributed by atoms with Crippen molar-refractivity contribution in [2.24, 2.45) is 0 Å². The fraction of sp³-hybridized carbons (Fsp3) is 0.333. The Bertz CT molecular complexity index is 811. The number of benzene rings is 3. The van der Waals surface area contributed by atoms with Gasteiger partial charge in [-0.2, -0.15) is 0 Å². The van der Waals surface area contributed by atoms with Crippen LogP contribution in [0.3, 0.4) is 0 Å². The van der Waals surface area contributed by atoms with Gasteiger partial charge in [0.1, 0.15) is 0 Å². The summed E-state index contributed by atoms with van der Waals surface area (Å²) in [4.78, 5) is 0. The van der Waals surface area contributed by atoms with Crippen LogP contribution in [0.5, 0.6) is 17.2 Å². The van der Waals surface area contributed by atoms with Gasteiger partial charge in [0.25, 0.3) is 0 Å². The third-order valence-electron chi connectivity index (χ3n) is 6.02. The first-order chi connectivity index (χ1) is 13.9. The van der Waals surface area contributed by atoms with E-state index in [0.29, 0.717) is 0 Å². The number of hydrogen-bond donors (Lipinski definition) is 0. The molecule has 0 saturated carbocycles. The monoisotopic (exact) mass is 432 g/mol. The summed E-state index contributed by atoms with van der Waals surface area (Å²) >= 11 is 0. The van der Waals surface area contributed by atoms with E-state index >= 15 is 0 Å². The van der Waals surface area contributed by atoms with Crippen molar-refractivity contribution in [2.75, 3.05) is 0 Å². The summed E-state index contributed by atoms with van der Waals surface area (Å²) in [5, 5.41) is 33.0. The van der Waals surface area contributed by atoms with Crippen molar-refractivity contribution < 1.29 is 15.3 Å². The standard InChI is InChI=1S/3C9H12O.Al/c3*1-6-4-5-9(10)8(3)7(6)2;/h3*4-5,10H,1-3H3;/q;;;+3/p-3. The van der Waals surface area contributed by atoms with Gasteiger partial charge in [-0.1, -0.05) is 53.1 Å². The minimum absolute atomic E-state index is 0. The molecule has 3 rings (SSSR count). The quantitative estimate of drug-likeness (QED) is 0.485. The van der Waals surface area contributed by atoms with Crippen LogP contribution in [0, 0.1) is 62.3 Å². The van der Waals surface area contributed by atoms with Crippen molar-refractivity contribution in [3.63, 3.8) is 0 Å². The predicted octanol–water partition coefficient (Wildman–Crippen LogP) is 4.68. The van der Waals surface area contributed by atoms with Crippen molar-refractivity contribution >= 4 is 17.4 Å². The van der Waals surface area contributed by atoms with Crippen LogP contribution < -0.4 is 15.3 Å². The first-order valence-electron chi connectivity index (χ1n) is 10.1. The molecule has 31 heavy (non-hydrogen) atoms. The molecule has 3 aromatic rings. The molecule has 3 aromatic carbocycles. The molecule has 3 nitrogen and oxygen atoms in total. The van der Waals surface area contributed by atoms with E-state index in [-0.39, 0.29) is 34.6 Å². The fourth-order valence-corrected chi connectivity index (χ4v) is 2.79. The Labute approximate surface area is 198 Å². The molecule has 0 aromatic heterocycles. The van der Waals surface area contributed by atoms with Crippen LogP contribution in [0.25, 0.3) is 0 Å². The van der Waals surface area contributed by atoms with E-state index in [0.717, 1.165) is 33.4 Å². The average molecular weight is 433 g/mol. The summed E-state index contributed by atoms with van der Waals surface area (Å²) in [7, 11) is 0. The van der Waals surface area contributed by atoms with E-state index < -0.39 is 0 Å². The minimum atomic E-state index is 0. The van der Waals surface area contributed by atoms with Crippen molar-refractivity contribution in [1.82, 2.24) is 0 Å². The molecule has 0 amide bonds. The second kappa shape index (κ2) is 12.4. The van der Waals surface area contributed by atoms with Crippen molar-refractivity contribution in [3.05, 3.63) is 86.5 Å². The largest absolute Gasteiger partial charge is 3.00 e. The maximum atomic E-state index is 11.0. The Hall–Kier alpha value is -2.41. The SMILES string of the molecule is Cc1ccc([O-])c(C)c1C.Cc1ccc([O-])c(C)c1C.Cc1ccc([O-])c(C)c1C.[Al+3]. The van der Waals surface area contributed by atoms with E-state index in [9.17, 15) is 15.3 Å². The van der Waals surface area contributed by atoms with Crippen LogP contribution in [-0.2, 0) is 0 Å². The molecular formula is C27H33AlO3. The van der Waals surface area contributed by atoms with Gasteiger partial charge in [-0.05, 0) is 95.7 Å². The van der Waals surface area contributed by atoms with Crippen molar-refractivity contribution in [3.8, 4) is 17.2 Å². The first kappa shape index (κ1) is 28.6. The van der Waals surface area contributed by atoms with E-state index in [1.165, 1.54) is 16.7 Å². The topological polar surface area (TPSA) is 69.2 Å². The number of rotatable bonds is 0. The maximum absolute atomic E-state index is 11.0. The van der Waals surface area contributed by atoms with Crippen LogP contribution in [0.2, 0.25) is 0 Å². The second-order valence-corrected chi connectivity index (χ2v) is 7.89. The summed E-state index contributed by atoms with van der Waals surface area (Å²) in [5.74, 6) is 0.425. The molecule has 0 saturated heterocycles. The van der Waals surface area contributed by atoms with Crippen LogP contribution in [-0.4, -0.2) is 17.4 Å². The van der Waals surface area contributed by atoms with Gasteiger partial charge in [0.15, 0.2) is 0 Å². The van der Waals surface area contributed by atoms with Crippen molar-refractivity contribution in [1.29, 1.82) is 0 Å². The van der Waals surface area contributed by atoms with E-state index in [2.05, 4.69) is 0 Å². The van der Waals surface area contributed by atoms with Gasteiger partial charge in [0.2, 0.25) is 0 Å². The summed E-state index contributed by atoms with van der Waals surface area (Å²) < 4.78 is 0. The van der Waals surface area contributed by atoms with Gasteiger partial charge in [0, 0.05) is 0 Å². The molecule has 0 aliphatic heterocycles. The zero-order chi connectivity index (χ0) is 23.2. The zero-order valence-corrected chi connectivity index (χ0v) is 21.4. The molecule has 0 unspecified atom stereocenters. The molecule has 0 radical (unpaired) electrons. The molecule has 4 heteroatoms. The Balaban J connectivity index is 0.000000429. The first-order valence-corrected chi connectivity index (χ1v) is 10.1. The molecule has 162 valence electrons. The van der Waals surface area contributed by atoms with Gasteiger partial charge in [-0.25, -0.2) is 0 Å². The van der Waals surface area contributed by atoms with E-state index in [4.69, 9.17) is 0 Å². The Morgan fingerprint density at radius 1 is 0.355 bits per heavy atom. The zero-order valence-electron chi connectivity index (χ0n) is 20.3. The molecule has 0 aliphatic carbocycles. The molecule has 0 atom stereocenters. The van der Waals surface area contributed by atoms with E-state index in [1.54, 1.807) is 18.2 Å². The van der Waals surface area contributed by atoms with Crippen LogP contribution in [0.1, 0.15) is 50.1 Å². The fourth-order valence-electron chi connectivity index (χ4n) is 2.79. The minimum Gasteiger partial charge on any atom is -0.872 e.